The van der Waals surface area contributed by atoms with E-state index in [1.165, 1.54) is 0 Å². The molecule has 0 saturated carbocycles. The van der Waals surface area contributed by atoms with E-state index in [1.807, 2.05) is 42.5 Å². The molecule has 3 unspecified atom stereocenters. The van der Waals surface area contributed by atoms with Crippen LogP contribution < -0.4 is 4.74 Å². The molecule has 0 fully saturated rings. The van der Waals surface area contributed by atoms with Crippen molar-refractivity contribution in [1.29, 1.82) is 0 Å². The molecule has 3 atom stereocenters. The molecule has 208 valence electrons. The van der Waals surface area contributed by atoms with Crippen molar-refractivity contribution in [2.24, 2.45) is 17.8 Å². The number of carbonyl (C=O) groups excluding carboxylic acids is 3. The summed E-state index contributed by atoms with van der Waals surface area (Å²) in [5.74, 6) is -2.73. The molecule has 0 heterocycles. The molecule has 0 radical (unpaired) electrons. The summed E-state index contributed by atoms with van der Waals surface area (Å²) in [5, 5.41) is 0. The Hall–Kier alpha value is -3.35. The molecule has 0 aliphatic rings. The van der Waals surface area contributed by atoms with Gasteiger partial charge in [0.05, 0.1) is 43.2 Å². The van der Waals surface area contributed by atoms with Crippen LogP contribution in [0.2, 0.25) is 0 Å². The van der Waals surface area contributed by atoms with E-state index in [2.05, 4.69) is 12.1 Å². The topological polar surface area (TPSA) is 88.1 Å². The first kappa shape index (κ1) is 30.9. The third kappa shape index (κ3) is 10.6. The average molecular weight is 527 g/mol. The highest BCUT2D eigenvalue weighted by molar-refractivity contribution is 5.83. The normalized spacial score (nSPS) is 13.5. The molecule has 38 heavy (non-hydrogen) atoms. The number of carbonyl (C=O) groups is 3. The number of unbranched alkanes of at least 4 members (excludes halogenated alkanes) is 1. The highest BCUT2D eigenvalue weighted by Crippen LogP contribution is 2.26. The summed E-state index contributed by atoms with van der Waals surface area (Å²) in [7, 11) is 0. The molecule has 7 nitrogen and oxygen atoms in total. The maximum atomic E-state index is 12.7. The molecule has 2 rings (SSSR count). The molecular weight excluding hydrogens is 484 g/mol. The highest BCUT2D eigenvalue weighted by atomic mass is 16.6. The van der Waals surface area contributed by atoms with Crippen LogP contribution in [0.5, 0.6) is 5.75 Å². The smallest absolute Gasteiger partial charge is 0.310 e. The van der Waals surface area contributed by atoms with Gasteiger partial charge in [-0.2, -0.15) is 0 Å². The Morgan fingerprint density at radius 1 is 0.658 bits per heavy atom. The Morgan fingerprint density at radius 2 is 1.21 bits per heavy atom. The van der Waals surface area contributed by atoms with Crippen LogP contribution in [0.3, 0.4) is 0 Å². The fourth-order valence-corrected chi connectivity index (χ4v) is 3.89. The van der Waals surface area contributed by atoms with Crippen LogP contribution >= 0.6 is 0 Å². The zero-order chi connectivity index (χ0) is 28.1. The summed E-state index contributed by atoms with van der Waals surface area (Å²) in [6.07, 6.45) is 0.886. The van der Waals surface area contributed by atoms with Crippen LogP contribution in [-0.2, 0) is 28.6 Å². The second kappa shape index (κ2) is 15.8. The van der Waals surface area contributed by atoms with E-state index < -0.39 is 35.7 Å². The van der Waals surface area contributed by atoms with E-state index >= 15 is 0 Å². The molecule has 0 saturated heterocycles. The van der Waals surface area contributed by atoms with Crippen molar-refractivity contribution < 1.29 is 33.3 Å². The quantitative estimate of drug-likeness (QED) is 0.154. The maximum absolute atomic E-state index is 12.7. The van der Waals surface area contributed by atoms with Crippen LogP contribution in [0.15, 0.2) is 54.6 Å². The van der Waals surface area contributed by atoms with Gasteiger partial charge in [0.2, 0.25) is 0 Å². The first-order valence-corrected chi connectivity index (χ1v) is 13.4. The number of benzene rings is 2. The second-order valence-corrected chi connectivity index (χ2v) is 10.1. The summed E-state index contributed by atoms with van der Waals surface area (Å²) in [5.41, 5.74) is 2.29. The third-order valence-corrected chi connectivity index (χ3v) is 6.00. The fourth-order valence-electron chi connectivity index (χ4n) is 3.89. The lowest BCUT2D eigenvalue weighted by molar-refractivity contribution is -0.166. The van der Waals surface area contributed by atoms with Gasteiger partial charge in [-0.25, -0.2) is 0 Å². The average Bonchev–Trinajstić information content (AvgIpc) is 2.88. The van der Waals surface area contributed by atoms with Gasteiger partial charge >= 0.3 is 17.9 Å². The number of hydrogen-bond donors (Lipinski definition) is 0. The van der Waals surface area contributed by atoms with E-state index in [-0.39, 0.29) is 25.2 Å². The predicted molar refractivity (Wildman–Crippen MR) is 146 cm³/mol. The molecule has 0 amide bonds. The summed E-state index contributed by atoms with van der Waals surface area (Å²) in [6, 6.07) is 18.1. The Balaban J connectivity index is 1.75. The largest absolute Gasteiger partial charge is 0.494 e. The Morgan fingerprint density at radius 3 is 1.82 bits per heavy atom. The van der Waals surface area contributed by atoms with Crippen LogP contribution in [-0.4, -0.2) is 43.3 Å². The summed E-state index contributed by atoms with van der Waals surface area (Å²) >= 11 is 0. The van der Waals surface area contributed by atoms with Crippen molar-refractivity contribution in [3.63, 3.8) is 0 Å². The van der Waals surface area contributed by atoms with Crippen molar-refractivity contribution in [1.82, 2.24) is 0 Å². The molecule has 0 aliphatic heterocycles. The van der Waals surface area contributed by atoms with Gasteiger partial charge in [0, 0.05) is 0 Å². The lowest BCUT2D eigenvalue weighted by Crippen LogP contribution is -2.35. The molecule has 2 aromatic carbocycles. The van der Waals surface area contributed by atoms with Gasteiger partial charge in [-0.1, -0.05) is 56.3 Å². The van der Waals surface area contributed by atoms with Crippen LogP contribution in [0.1, 0.15) is 60.8 Å². The van der Waals surface area contributed by atoms with Crippen LogP contribution in [0.4, 0.5) is 0 Å². The van der Waals surface area contributed by atoms with Crippen molar-refractivity contribution in [3.05, 3.63) is 54.6 Å². The zero-order valence-corrected chi connectivity index (χ0v) is 23.5. The van der Waals surface area contributed by atoms with Gasteiger partial charge in [0.25, 0.3) is 0 Å². The fraction of sp³-hybridized carbons (Fsp3) is 0.516. The SMILES string of the molecule is CC(C)OC(=O)C(C)C(CC(C)C(=O)OCCCCOc1ccc(-c2ccccc2)cc1)C(=O)OC(C)C. The Bertz CT molecular complexity index is 999. The first-order chi connectivity index (χ1) is 18.1. The molecule has 0 aliphatic carbocycles. The zero-order valence-electron chi connectivity index (χ0n) is 23.5. The van der Waals surface area contributed by atoms with Gasteiger partial charge in [-0.3, -0.25) is 14.4 Å². The third-order valence-electron chi connectivity index (χ3n) is 6.00. The van der Waals surface area contributed by atoms with E-state index in [0.29, 0.717) is 13.0 Å². The Kier molecular flexibility index (Phi) is 12.8. The predicted octanol–water partition coefficient (Wildman–Crippen LogP) is 6.24. The van der Waals surface area contributed by atoms with Gasteiger partial charge in [-0.15, -0.1) is 0 Å². The molecule has 2 aromatic rings. The van der Waals surface area contributed by atoms with Crippen molar-refractivity contribution >= 4 is 17.9 Å². The summed E-state index contributed by atoms with van der Waals surface area (Å²) in [6.45, 7) is 11.1. The minimum Gasteiger partial charge on any atom is -0.494 e. The lowest BCUT2D eigenvalue weighted by Gasteiger charge is -2.25. The first-order valence-electron chi connectivity index (χ1n) is 13.4. The van der Waals surface area contributed by atoms with Gasteiger partial charge in [0.15, 0.2) is 0 Å². The summed E-state index contributed by atoms with van der Waals surface area (Å²) < 4.78 is 21.9. The lowest BCUT2D eigenvalue weighted by atomic mass is 9.85. The summed E-state index contributed by atoms with van der Waals surface area (Å²) in [4.78, 5) is 37.7. The van der Waals surface area contributed by atoms with Crippen molar-refractivity contribution in [2.45, 2.75) is 73.0 Å². The van der Waals surface area contributed by atoms with Gasteiger partial charge in [0.1, 0.15) is 5.75 Å². The molecule has 0 bridgehead atoms. The van der Waals surface area contributed by atoms with E-state index in [9.17, 15) is 14.4 Å². The number of esters is 3. The van der Waals surface area contributed by atoms with Crippen LogP contribution in [0, 0.1) is 17.8 Å². The van der Waals surface area contributed by atoms with E-state index in [1.54, 1.807) is 41.5 Å². The minimum absolute atomic E-state index is 0.140. The number of ether oxygens (including phenoxy) is 4. The van der Waals surface area contributed by atoms with Crippen molar-refractivity contribution in [3.8, 4) is 16.9 Å². The molecule has 0 N–H and O–H groups in total. The monoisotopic (exact) mass is 526 g/mol. The molecule has 7 heteroatoms. The molecule has 0 spiro atoms. The Labute approximate surface area is 226 Å². The van der Waals surface area contributed by atoms with Gasteiger partial charge in [-0.05, 0) is 70.2 Å². The number of rotatable bonds is 15. The number of hydrogen-bond acceptors (Lipinski definition) is 7. The second-order valence-electron chi connectivity index (χ2n) is 10.1. The van der Waals surface area contributed by atoms with Gasteiger partial charge < -0.3 is 18.9 Å². The van der Waals surface area contributed by atoms with Crippen LogP contribution in [0.25, 0.3) is 11.1 Å². The van der Waals surface area contributed by atoms with E-state index in [4.69, 9.17) is 18.9 Å². The molecular formula is C31H42O7. The highest BCUT2D eigenvalue weighted by Gasteiger charge is 2.36. The standard InChI is InChI=1S/C31H42O7/c1-21(2)37-30(33)24(6)28(31(34)38-22(3)4)20-23(5)29(32)36-19-11-10-18-35-27-16-14-26(15-17-27)25-12-8-7-9-13-25/h7-9,12-17,21-24,28H,10-11,18-20H2,1-6H3. The maximum Gasteiger partial charge on any atom is 0.310 e. The van der Waals surface area contributed by atoms with Crippen molar-refractivity contribution in [2.75, 3.05) is 13.2 Å². The molecule has 0 aromatic heterocycles. The van der Waals surface area contributed by atoms with E-state index in [0.717, 1.165) is 23.3 Å². The minimum atomic E-state index is -0.798.